The number of halogens is 1. The van der Waals surface area contributed by atoms with Gasteiger partial charge in [0.1, 0.15) is 5.82 Å². The predicted molar refractivity (Wildman–Crippen MR) is 156 cm³/mol. The number of para-hydroxylation sites is 1. The van der Waals surface area contributed by atoms with E-state index < -0.39 is 12.1 Å². The summed E-state index contributed by atoms with van der Waals surface area (Å²) >= 11 is 0. The summed E-state index contributed by atoms with van der Waals surface area (Å²) in [5.74, 6) is -1.56. The molecule has 0 unspecified atom stereocenters. The van der Waals surface area contributed by atoms with Gasteiger partial charge < -0.3 is 20.1 Å². The number of nitrogens with one attached hydrogen (secondary N) is 1. The van der Waals surface area contributed by atoms with Crippen molar-refractivity contribution < 1.29 is 24.2 Å². The Hall–Kier alpha value is -4.23. The molecule has 1 heterocycles. The molecule has 208 valence electrons. The van der Waals surface area contributed by atoms with Crippen LogP contribution in [0.2, 0.25) is 0 Å². The summed E-state index contributed by atoms with van der Waals surface area (Å²) in [5.41, 5.74) is 5.12. The van der Waals surface area contributed by atoms with E-state index in [-0.39, 0.29) is 24.1 Å². The summed E-state index contributed by atoms with van der Waals surface area (Å²) in [7, 11) is 0. The molecule has 0 saturated carbocycles. The maximum Gasteiger partial charge on any atom is 0.303 e. The Bertz CT molecular complexity index is 1430. The van der Waals surface area contributed by atoms with E-state index in [0.717, 1.165) is 28.1 Å². The number of nitrogens with zero attached hydrogens (tertiary/aromatic N) is 1. The number of carbonyl (C=O) groups is 2. The molecule has 4 aromatic rings. The normalized spacial score (nSPS) is 11.9. The van der Waals surface area contributed by atoms with Gasteiger partial charge in [0.25, 0.3) is 5.91 Å². The number of carboxylic acids is 1. The largest absolute Gasteiger partial charge is 0.481 e. The third-order valence-electron chi connectivity index (χ3n) is 6.90. The van der Waals surface area contributed by atoms with Gasteiger partial charge in [-0.1, -0.05) is 62.4 Å². The topological polar surface area (TPSA) is 91.6 Å². The number of anilines is 1. The number of carboxylic acid groups (broad SMARTS) is 1. The predicted octanol–water partition coefficient (Wildman–Crippen LogP) is 7.34. The van der Waals surface area contributed by atoms with Crippen LogP contribution < -0.4 is 5.32 Å². The lowest BCUT2D eigenvalue weighted by Crippen LogP contribution is -2.18. The van der Waals surface area contributed by atoms with Crippen molar-refractivity contribution in [2.75, 3.05) is 5.32 Å². The molecule has 0 saturated heterocycles. The van der Waals surface area contributed by atoms with Crippen LogP contribution in [-0.4, -0.2) is 32.8 Å². The summed E-state index contributed by atoms with van der Waals surface area (Å²) in [6.07, 6.45) is 0.411. The molecule has 3 N–H and O–H groups in total. The number of amides is 1. The zero-order chi connectivity index (χ0) is 28.6. The fourth-order valence-corrected chi connectivity index (χ4v) is 5.12. The quantitative estimate of drug-likeness (QED) is 0.175. The molecule has 6 nitrogen and oxygen atoms in total. The van der Waals surface area contributed by atoms with Crippen LogP contribution in [0, 0.1) is 5.82 Å². The minimum atomic E-state index is -0.889. The van der Waals surface area contributed by atoms with Crippen LogP contribution in [0.5, 0.6) is 0 Å². The fourth-order valence-electron chi connectivity index (χ4n) is 5.12. The Kier molecular flexibility index (Phi) is 9.51. The number of aliphatic hydroxyl groups is 1. The highest BCUT2D eigenvalue weighted by Crippen LogP contribution is 2.42. The number of carbonyl (C=O) groups excluding carboxylic acids is 1. The number of benzene rings is 3. The standard InChI is InChI=1S/C33H35FN2O4/c1-22(2)31-30(33(40)35-26-12-7-4-8-13-26)29(23-10-5-3-6-11-23)32(24-16-18-25(34)19-17-24)36(31)21-20-27(37)14-9-15-28(38)39/h3-8,10-13,16-19,22,27,37H,9,14-15,20-21H2,1-2H3,(H,35,40)(H,38,39)/t27-/m1/s1. The Balaban J connectivity index is 1.89. The minimum Gasteiger partial charge on any atom is -0.481 e. The van der Waals surface area contributed by atoms with E-state index in [0.29, 0.717) is 37.1 Å². The first-order chi connectivity index (χ1) is 19.3. The zero-order valence-corrected chi connectivity index (χ0v) is 22.8. The van der Waals surface area contributed by atoms with Gasteiger partial charge in [-0.05, 0) is 72.7 Å². The molecule has 1 aromatic heterocycles. The molecule has 0 bridgehead atoms. The molecule has 0 aliphatic carbocycles. The summed E-state index contributed by atoms with van der Waals surface area (Å²) in [6, 6.07) is 25.2. The van der Waals surface area contributed by atoms with Gasteiger partial charge in [0.05, 0.1) is 17.4 Å². The van der Waals surface area contributed by atoms with Crippen molar-refractivity contribution in [1.29, 1.82) is 0 Å². The average molecular weight is 543 g/mol. The maximum atomic E-state index is 14.0. The number of hydrogen-bond acceptors (Lipinski definition) is 3. The monoisotopic (exact) mass is 542 g/mol. The molecule has 40 heavy (non-hydrogen) atoms. The molecule has 1 amide bonds. The lowest BCUT2D eigenvalue weighted by atomic mass is 9.94. The van der Waals surface area contributed by atoms with Crippen LogP contribution in [0.15, 0.2) is 84.9 Å². The molecule has 0 spiro atoms. The van der Waals surface area contributed by atoms with E-state index in [1.54, 1.807) is 12.1 Å². The van der Waals surface area contributed by atoms with Crippen LogP contribution >= 0.6 is 0 Å². The number of aliphatic hydroxyl groups excluding tert-OH is 1. The molecular weight excluding hydrogens is 507 g/mol. The third kappa shape index (κ3) is 6.85. The Labute approximate surface area is 234 Å². The molecule has 0 aliphatic rings. The first-order valence-corrected chi connectivity index (χ1v) is 13.6. The van der Waals surface area contributed by atoms with E-state index in [4.69, 9.17) is 5.11 Å². The second-order valence-electron chi connectivity index (χ2n) is 10.2. The van der Waals surface area contributed by atoms with Gasteiger partial charge in [-0.15, -0.1) is 0 Å². The fraction of sp³-hybridized carbons (Fsp3) is 0.273. The van der Waals surface area contributed by atoms with E-state index in [1.807, 2.05) is 74.5 Å². The van der Waals surface area contributed by atoms with E-state index >= 15 is 0 Å². The molecule has 1 atom stereocenters. The number of aliphatic carboxylic acids is 1. The van der Waals surface area contributed by atoms with Crippen LogP contribution in [0.25, 0.3) is 22.4 Å². The first kappa shape index (κ1) is 28.8. The summed E-state index contributed by atoms with van der Waals surface area (Å²) in [4.78, 5) is 25.0. The molecule has 7 heteroatoms. The smallest absolute Gasteiger partial charge is 0.303 e. The highest BCUT2D eigenvalue weighted by Gasteiger charge is 2.30. The van der Waals surface area contributed by atoms with Crippen molar-refractivity contribution in [3.8, 4) is 22.4 Å². The van der Waals surface area contributed by atoms with Crippen molar-refractivity contribution in [1.82, 2.24) is 4.57 Å². The average Bonchev–Trinajstić information content (AvgIpc) is 3.29. The Morgan fingerprint density at radius 1 is 0.875 bits per heavy atom. The van der Waals surface area contributed by atoms with E-state index in [1.165, 1.54) is 12.1 Å². The van der Waals surface area contributed by atoms with Gasteiger partial charge in [-0.25, -0.2) is 4.39 Å². The molecule has 0 fully saturated rings. The van der Waals surface area contributed by atoms with Gasteiger partial charge in [-0.2, -0.15) is 0 Å². The van der Waals surface area contributed by atoms with Crippen molar-refractivity contribution in [2.24, 2.45) is 0 Å². The number of rotatable bonds is 12. The van der Waals surface area contributed by atoms with Crippen molar-refractivity contribution >= 4 is 17.6 Å². The Morgan fingerprint density at radius 3 is 2.10 bits per heavy atom. The van der Waals surface area contributed by atoms with Crippen LogP contribution in [-0.2, 0) is 11.3 Å². The van der Waals surface area contributed by atoms with Crippen LogP contribution in [0.3, 0.4) is 0 Å². The second kappa shape index (κ2) is 13.2. The van der Waals surface area contributed by atoms with Crippen molar-refractivity contribution in [3.05, 3.63) is 102 Å². The molecular formula is C33H35FN2O4. The molecule has 0 aliphatic heterocycles. The molecule has 3 aromatic carbocycles. The van der Waals surface area contributed by atoms with E-state index in [9.17, 15) is 19.1 Å². The third-order valence-corrected chi connectivity index (χ3v) is 6.90. The lowest BCUT2D eigenvalue weighted by molar-refractivity contribution is -0.137. The number of aromatic nitrogens is 1. The van der Waals surface area contributed by atoms with Gasteiger partial charge in [0.15, 0.2) is 0 Å². The first-order valence-electron chi connectivity index (χ1n) is 13.6. The van der Waals surface area contributed by atoms with Gasteiger partial charge in [0, 0.05) is 29.9 Å². The van der Waals surface area contributed by atoms with E-state index in [2.05, 4.69) is 9.88 Å². The van der Waals surface area contributed by atoms with Gasteiger partial charge >= 0.3 is 5.97 Å². The van der Waals surface area contributed by atoms with Gasteiger partial charge in [-0.3, -0.25) is 9.59 Å². The summed E-state index contributed by atoms with van der Waals surface area (Å²) < 4.78 is 16.1. The second-order valence-corrected chi connectivity index (χ2v) is 10.2. The van der Waals surface area contributed by atoms with Crippen molar-refractivity contribution in [3.63, 3.8) is 0 Å². The maximum absolute atomic E-state index is 14.0. The Morgan fingerprint density at radius 2 is 1.50 bits per heavy atom. The summed E-state index contributed by atoms with van der Waals surface area (Å²) in [6.45, 7) is 4.45. The lowest BCUT2D eigenvalue weighted by Gasteiger charge is -2.19. The van der Waals surface area contributed by atoms with Gasteiger partial charge in [0.2, 0.25) is 0 Å². The van der Waals surface area contributed by atoms with Crippen molar-refractivity contribution in [2.45, 2.75) is 58.1 Å². The van der Waals surface area contributed by atoms with Crippen LogP contribution in [0.4, 0.5) is 10.1 Å². The van der Waals surface area contributed by atoms with Crippen LogP contribution in [0.1, 0.15) is 61.5 Å². The molecule has 4 rings (SSSR count). The highest BCUT2D eigenvalue weighted by molar-refractivity contribution is 6.12. The SMILES string of the molecule is CC(C)c1c(C(=O)Nc2ccccc2)c(-c2ccccc2)c(-c2ccc(F)cc2)n1CC[C@H](O)CCCC(=O)O. The molecule has 0 radical (unpaired) electrons. The highest BCUT2D eigenvalue weighted by atomic mass is 19.1. The zero-order valence-electron chi connectivity index (χ0n) is 22.8. The minimum absolute atomic E-state index is 0.000609. The summed E-state index contributed by atoms with van der Waals surface area (Å²) in [5, 5.41) is 22.7. The number of hydrogen-bond donors (Lipinski definition) is 3.